The normalized spacial score (nSPS) is 29.0. The fourth-order valence-corrected chi connectivity index (χ4v) is 5.40. The van der Waals surface area contributed by atoms with E-state index in [1.165, 1.54) is 38.5 Å². The maximum absolute atomic E-state index is 12.9. The van der Waals surface area contributed by atoms with Gasteiger partial charge in [0.2, 0.25) is 11.8 Å². The molecule has 1 heterocycles. The molecule has 0 aromatic rings. The Morgan fingerprint density at radius 2 is 1.57 bits per heavy atom. The van der Waals surface area contributed by atoms with E-state index >= 15 is 0 Å². The zero-order chi connectivity index (χ0) is 19.1. The maximum atomic E-state index is 12.9. The second-order valence-electron chi connectivity index (χ2n) is 9.17. The topological polar surface area (TPSA) is 61.4 Å². The minimum Gasteiger partial charge on any atom is -0.353 e. The molecule has 1 aliphatic heterocycles. The smallest absolute Gasteiger partial charge is 0.225 e. The first-order valence-corrected chi connectivity index (χ1v) is 11.4. The minimum absolute atomic E-state index is 0. The van der Waals surface area contributed by atoms with Gasteiger partial charge in [-0.3, -0.25) is 9.59 Å². The fourth-order valence-electron chi connectivity index (χ4n) is 5.40. The van der Waals surface area contributed by atoms with Crippen molar-refractivity contribution in [2.24, 2.45) is 17.8 Å². The van der Waals surface area contributed by atoms with Crippen LogP contribution in [0, 0.1) is 17.8 Å². The fraction of sp³-hybridized carbons (Fsp3) is 0.909. The van der Waals surface area contributed by atoms with Gasteiger partial charge in [-0.25, -0.2) is 0 Å². The summed E-state index contributed by atoms with van der Waals surface area (Å²) in [5.74, 6) is 1.97. The van der Waals surface area contributed by atoms with Crippen molar-refractivity contribution in [2.45, 2.75) is 83.1 Å². The van der Waals surface area contributed by atoms with E-state index in [2.05, 4.69) is 15.5 Å². The van der Waals surface area contributed by atoms with Gasteiger partial charge in [-0.05, 0) is 76.8 Å². The monoisotopic (exact) mass is 413 g/mol. The third-order valence-corrected chi connectivity index (χ3v) is 6.96. The van der Waals surface area contributed by atoms with E-state index < -0.39 is 0 Å². The highest BCUT2D eigenvalue weighted by Gasteiger charge is 2.32. The van der Waals surface area contributed by atoms with E-state index in [4.69, 9.17) is 0 Å². The van der Waals surface area contributed by atoms with Crippen LogP contribution in [0.2, 0.25) is 0 Å². The first-order chi connectivity index (χ1) is 13.2. The zero-order valence-electron chi connectivity index (χ0n) is 17.6. The van der Waals surface area contributed by atoms with Crippen molar-refractivity contribution in [2.75, 3.05) is 26.7 Å². The zero-order valence-corrected chi connectivity index (χ0v) is 18.4. The average Bonchev–Trinajstić information content (AvgIpc) is 2.69. The number of nitrogens with zero attached hydrogens (tertiary/aromatic N) is 1. The number of hydrogen-bond donors (Lipinski definition) is 2. The quantitative estimate of drug-likeness (QED) is 0.700. The predicted molar refractivity (Wildman–Crippen MR) is 116 cm³/mol. The third-order valence-electron chi connectivity index (χ3n) is 6.96. The van der Waals surface area contributed by atoms with Gasteiger partial charge in [0.15, 0.2) is 0 Å². The predicted octanol–water partition coefficient (Wildman–Crippen LogP) is 3.51. The summed E-state index contributed by atoms with van der Waals surface area (Å²) in [4.78, 5) is 27.4. The first kappa shape index (κ1) is 23.5. The Morgan fingerprint density at radius 3 is 2.25 bits per heavy atom. The molecular weight excluding hydrogens is 374 g/mol. The molecule has 2 saturated carbocycles. The molecule has 1 saturated heterocycles. The van der Waals surface area contributed by atoms with Crippen molar-refractivity contribution in [3.63, 3.8) is 0 Å². The van der Waals surface area contributed by atoms with Crippen molar-refractivity contribution < 1.29 is 9.59 Å². The molecular formula is C22H40ClN3O2. The number of likely N-dealkylation sites (tertiary alicyclic amines) is 1. The number of amides is 2. The van der Waals surface area contributed by atoms with E-state index in [9.17, 15) is 9.59 Å². The molecule has 0 aromatic heterocycles. The molecule has 0 spiro atoms. The van der Waals surface area contributed by atoms with Crippen molar-refractivity contribution in [1.82, 2.24) is 15.5 Å². The van der Waals surface area contributed by atoms with Crippen molar-refractivity contribution in [3.8, 4) is 0 Å². The van der Waals surface area contributed by atoms with Crippen LogP contribution in [-0.2, 0) is 9.59 Å². The highest BCUT2D eigenvalue weighted by atomic mass is 35.5. The molecule has 1 unspecified atom stereocenters. The molecule has 28 heavy (non-hydrogen) atoms. The van der Waals surface area contributed by atoms with Crippen LogP contribution < -0.4 is 10.6 Å². The number of nitrogens with one attached hydrogen (secondary N) is 2. The molecule has 3 rings (SSSR count). The summed E-state index contributed by atoms with van der Waals surface area (Å²) in [6, 6.07) is 0.281. The molecule has 2 N–H and O–H groups in total. The van der Waals surface area contributed by atoms with Gasteiger partial charge in [0, 0.05) is 31.5 Å². The minimum atomic E-state index is 0. The van der Waals surface area contributed by atoms with Gasteiger partial charge in [0.1, 0.15) is 0 Å². The Morgan fingerprint density at radius 1 is 0.893 bits per heavy atom. The van der Waals surface area contributed by atoms with Gasteiger partial charge in [0.05, 0.1) is 0 Å². The Bertz CT molecular complexity index is 486. The summed E-state index contributed by atoms with van der Waals surface area (Å²) in [5, 5.41) is 6.51. The van der Waals surface area contributed by atoms with Gasteiger partial charge in [0.25, 0.3) is 0 Å². The van der Waals surface area contributed by atoms with Gasteiger partial charge >= 0.3 is 0 Å². The molecule has 0 aromatic carbocycles. The Hall–Kier alpha value is -0.810. The second kappa shape index (κ2) is 12.0. The van der Waals surface area contributed by atoms with E-state index in [0.717, 1.165) is 51.7 Å². The summed E-state index contributed by atoms with van der Waals surface area (Å²) in [6.07, 6.45) is 13.2. The lowest BCUT2D eigenvalue weighted by atomic mass is 9.83. The lowest BCUT2D eigenvalue weighted by molar-refractivity contribution is -0.138. The van der Waals surface area contributed by atoms with Crippen LogP contribution in [0.25, 0.3) is 0 Å². The standard InChI is InChI=1S/C22H39N3O2.ClH/c1-23-15-18-8-5-13-25(16-18)22(27)19-9-11-20(12-10-19)24-21(26)14-17-6-3-2-4-7-17;/h17-20,23H,2-16H2,1H3,(H,24,26);1H. The largest absolute Gasteiger partial charge is 0.353 e. The number of hydrogen-bond acceptors (Lipinski definition) is 3. The van der Waals surface area contributed by atoms with E-state index in [1.54, 1.807) is 0 Å². The Labute approximate surface area is 177 Å². The van der Waals surface area contributed by atoms with Gasteiger partial charge < -0.3 is 15.5 Å². The number of carbonyl (C=O) groups excluding carboxylic acids is 2. The van der Waals surface area contributed by atoms with Gasteiger partial charge in [-0.2, -0.15) is 0 Å². The third kappa shape index (κ3) is 6.91. The Kier molecular flexibility index (Phi) is 10.1. The van der Waals surface area contributed by atoms with E-state index in [-0.39, 0.29) is 30.3 Å². The lowest BCUT2D eigenvalue weighted by Gasteiger charge is -2.37. The summed E-state index contributed by atoms with van der Waals surface area (Å²) < 4.78 is 0. The molecule has 5 nitrogen and oxygen atoms in total. The molecule has 0 bridgehead atoms. The van der Waals surface area contributed by atoms with Crippen LogP contribution in [0.4, 0.5) is 0 Å². The average molecular weight is 414 g/mol. The van der Waals surface area contributed by atoms with E-state index in [1.807, 2.05) is 7.05 Å². The molecule has 2 amide bonds. The molecule has 1 atom stereocenters. The van der Waals surface area contributed by atoms with Crippen LogP contribution in [0.3, 0.4) is 0 Å². The van der Waals surface area contributed by atoms with E-state index in [0.29, 0.717) is 24.2 Å². The molecule has 3 aliphatic rings. The second-order valence-corrected chi connectivity index (χ2v) is 9.17. The van der Waals surface area contributed by atoms with Crippen LogP contribution in [0.5, 0.6) is 0 Å². The first-order valence-electron chi connectivity index (χ1n) is 11.4. The number of carbonyl (C=O) groups is 2. The molecule has 3 fully saturated rings. The van der Waals surface area contributed by atoms with Crippen LogP contribution in [0.15, 0.2) is 0 Å². The SMILES string of the molecule is CNCC1CCCN(C(=O)C2CCC(NC(=O)CC3CCCCC3)CC2)C1.Cl. The summed E-state index contributed by atoms with van der Waals surface area (Å²) in [6.45, 7) is 2.85. The summed E-state index contributed by atoms with van der Waals surface area (Å²) in [7, 11) is 1.99. The molecule has 162 valence electrons. The molecule has 0 radical (unpaired) electrons. The highest BCUT2D eigenvalue weighted by molar-refractivity contribution is 5.85. The lowest BCUT2D eigenvalue weighted by Crippen LogP contribution is -2.47. The highest BCUT2D eigenvalue weighted by Crippen LogP contribution is 2.29. The molecule has 6 heteroatoms. The number of rotatable bonds is 6. The Balaban J connectivity index is 0.00000280. The van der Waals surface area contributed by atoms with Crippen molar-refractivity contribution >= 4 is 24.2 Å². The summed E-state index contributed by atoms with van der Waals surface area (Å²) >= 11 is 0. The van der Waals surface area contributed by atoms with Crippen LogP contribution >= 0.6 is 12.4 Å². The van der Waals surface area contributed by atoms with Crippen molar-refractivity contribution in [1.29, 1.82) is 0 Å². The van der Waals surface area contributed by atoms with Gasteiger partial charge in [-0.15, -0.1) is 12.4 Å². The maximum Gasteiger partial charge on any atom is 0.225 e. The number of halogens is 1. The van der Waals surface area contributed by atoms with Crippen LogP contribution in [0.1, 0.15) is 77.0 Å². The van der Waals surface area contributed by atoms with Crippen LogP contribution in [-0.4, -0.2) is 49.4 Å². The molecule has 2 aliphatic carbocycles. The van der Waals surface area contributed by atoms with Crippen molar-refractivity contribution in [3.05, 3.63) is 0 Å². The summed E-state index contributed by atoms with van der Waals surface area (Å²) in [5.41, 5.74) is 0. The van der Waals surface area contributed by atoms with Gasteiger partial charge in [-0.1, -0.05) is 19.3 Å². The number of piperidine rings is 1.